The number of nitrogens with zero attached hydrogens (tertiary/aromatic N) is 1. The van der Waals surface area contributed by atoms with Gasteiger partial charge in [-0.1, -0.05) is 33.6 Å². The summed E-state index contributed by atoms with van der Waals surface area (Å²) in [5, 5.41) is 4.17. The topological polar surface area (TPSA) is 15.3 Å². The number of anilines is 3. The lowest BCUT2D eigenvalue weighted by atomic mass is 10.1. The van der Waals surface area contributed by atoms with Crippen LogP contribution in [0.15, 0.2) is 46.9 Å². The molecule has 0 unspecified atom stereocenters. The van der Waals surface area contributed by atoms with Gasteiger partial charge in [-0.2, -0.15) is 0 Å². The molecule has 0 radical (unpaired) electrons. The maximum Gasteiger partial charge on any atom is 0.0658 e. The molecule has 0 aliphatic carbocycles. The van der Waals surface area contributed by atoms with E-state index in [2.05, 4.69) is 44.3 Å². The summed E-state index contributed by atoms with van der Waals surface area (Å²) in [5.41, 5.74) is 3.46. The Hall–Kier alpha value is -1.19. The zero-order valence-electron chi connectivity index (χ0n) is 9.66. The third kappa shape index (κ3) is 2.20. The molecule has 0 atom stereocenters. The van der Waals surface area contributed by atoms with E-state index in [9.17, 15) is 0 Å². The lowest BCUT2D eigenvalue weighted by Crippen LogP contribution is -2.30. The molecule has 4 heteroatoms. The lowest BCUT2D eigenvalue weighted by molar-refractivity contribution is 0.926. The molecule has 0 bridgehead atoms. The molecule has 3 rings (SSSR count). The van der Waals surface area contributed by atoms with Crippen LogP contribution in [-0.2, 0) is 0 Å². The first-order valence-corrected chi connectivity index (χ1v) is 6.98. The smallest absolute Gasteiger partial charge is 0.0658 e. The molecule has 0 amide bonds. The predicted octanol–water partition coefficient (Wildman–Crippen LogP) is 4.67. The minimum absolute atomic E-state index is 0.766. The van der Waals surface area contributed by atoms with Crippen molar-refractivity contribution in [3.63, 3.8) is 0 Å². The maximum atomic E-state index is 6.07. The Morgan fingerprint density at radius 1 is 1.17 bits per heavy atom. The van der Waals surface area contributed by atoms with E-state index in [0.29, 0.717) is 0 Å². The lowest BCUT2D eigenvalue weighted by Gasteiger charge is -2.32. The molecular weight excluding hydrogens is 312 g/mol. The molecule has 0 saturated heterocycles. The van der Waals surface area contributed by atoms with Gasteiger partial charge in [0, 0.05) is 28.3 Å². The zero-order chi connectivity index (χ0) is 12.5. The Kier molecular flexibility index (Phi) is 3.18. The second kappa shape index (κ2) is 4.82. The Morgan fingerprint density at radius 2 is 2.06 bits per heavy atom. The van der Waals surface area contributed by atoms with Gasteiger partial charge >= 0.3 is 0 Å². The van der Waals surface area contributed by atoms with Crippen molar-refractivity contribution >= 4 is 44.6 Å². The first-order chi connectivity index (χ1) is 8.74. The summed E-state index contributed by atoms with van der Waals surface area (Å²) < 4.78 is 1.08. The standard InChI is InChI=1S/C14H12BrClN2/c15-10-4-5-13-14(8-10)18(7-6-17-13)12-3-1-2-11(16)9-12/h1-5,8-9,17H,6-7H2. The predicted molar refractivity (Wildman–Crippen MR) is 81.1 cm³/mol. The van der Waals surface area contributed by atoms with Crippen molar-refractivity contribution in [1.29, 1.82) is 0 Å². The molecule has 0 saturated carbocycles. The highest BCUT2D eigenvalue weighted by Gasteiger charge is 2.18. The summed E-state index contributed by atoms with van der Waals surface area (Å²) in [6.45, 7) is 1.87. The first kappa shape index (κ1) is 11.9. The second-order valence-corrected chi connectivity index (χ2v) is 5.57. The maximum absolute atomic E-state index is 6.07. The quantitative estimate of drug-likeness (QED) is 0.820. The van der Waals surface area contributed by atoms with Crippen molar-refractivity contribution in [2.45, 2.75) is 0 Å². The van der Waals surface area contributed by atoms with Gasteiger partial charge in [0.15, 0.2) is 0 Å². The van der Waals surface area contributed by atoms with Crippen LogP contribution in [-0.4, -0.2) is 13.1 Å². The van der Waals surface area contributed by atoms with Gasteiger partial charge in [-0.15, -0.1) is 0 Å². The third-order valence-corrected chi connectivity index (χ3v) is 3.75. The molecule has 1 heterocycles. The second-order valence-electron chi connectivity index (χ2n) is 4.22. The normalized spacial score (nSPS) is 14.0. The Morgan fingerprint density at radius 3 is 2.89 bits per heavy atom. The Balaban J connectivity index is 2.08. The van der Waals surface area contributed by atoms with Crippen molar-refractivity contribution < 1.29 is 0 Å². The fraction of sp³-hybridized carbons (Fsp3) is 0.143. The SMILES string of the molecule is Clc1cccc(N2CCNc3ccc(Br)cc32)c1. The molecule has 1 N–H and O–H groups in total. The minimum atomic E-state index is 0.766. The van der Waals surface area contributed by atoms with Crippen molar-refractivity contribution in [3.05, 3.63) is 52.0 Å². The minimum Gasteiger partial charge on any atom is -0.382 e. The Labute approximate surface area is 120 Å². The first-order valence-electron chi connectivity index (χ1n) is 5.80. The van der Waals surface area contributed by atoms with Gasteiger partial charge in [0.25, 0.3) is 0 Å². The van der Waals surface area contributed by atoms with Crippen LogP contribution in [0.2, 0.25) is 5.02 Å². The molecule has 2 aromatic carbocycles. The molecule has 2 aromatic rings. The van der Waals surface area contributed by atoms with Gasteiger partial charge in [0.05, 0.1) is 11.4 Å². The summed E-state index contributed by atoms with van der Waals surface area (Å²) in [5.74, 6) is 0. The summed E-state index contributed by atoms with van der Waals surface area (Å²) in [7, 11) is 0. The molecule has 1 aliphatic rings. The molecule has 0 fully saturated rings. The zero-order valence-corrected chi connectivity index (χ0v) is 12.0. The number of fused-ring (bicyclic) bond motifs is 1. The van der Waals surface area contributed by atoms with Crippen molar-refractivity contribution in [3.8, 4) is 0 Å². The van der Waals surface area contributed by atoms with E-state index in [4.69, 9.17) is 11.6 Å². The molecule has 2 nitrogen and oxygen atoms in total. The molecule has 18 heavy (non-hydrogen) atoms. The molecular formula is C14H12BrClN2. The van der Waals surface area contributed by atoms with Gasteiger partial charge in [0.2, 0.25) is 0 Å². The van der Waals surface area contributed by atoms with Crippen molar-refractivity contribution in [1.82, 2.24) is 0 Å². The van der Waals surface area contributed by atoms with E-state index in [1.807, 2.05) is 24.3 Å². The summed E-state index contributed by atoms with van der Waals surface area (Å²) >= 11 is 9.60. The summed E-state index contributed by atoms with van der Waals surface area (Å²) in [4.78, 5) is 2.28. The summed E-state index contributed by atoms with van der Waals surface area (Å²) in [6.07, 6.45) is 0. The van der Waals surface area contributed by atoms with Crippen molar-refractivity contribution in [2.24, 2.45) is 0 Å². The average molecular weight is 324 g/mol. The largest absolute Gasteiger partial charge is 0.382 e. The van der Waals surface area contributed by atoms with Gasteiger partial charge in [0.1, 0.15) is 0 Å². The van der Waals surface area contributed by atoms with E-state index in [-0.39, 0.29) is 0 Å². The fourth-order valence-electron chi connectivity index (χ4n) is 2.21. The van der Waals surface area contributed by atoms with Crippen LogP contribution in [0.3, 0.4) is 0 Å². The highest BCUT2D eigenvalue weighted by molar-refractivity contribution is 9.10. The molecule has 0 aromatic heterocycles. The number of hydrogen-bond donors (Lipinski definition) is 1. The van der Waals surface area contributed by atoms with Gasteiger partial charge < -0.3 is 10.2 Å². The molecule has 1 aliphatic heterocycles. The monoisotopic (exact) mass is 322 g/mol. The summed E-state index contributed by atoms with van der Waals surface area (Å²) in [6, 6.07) is 14.2. The number of hydrogen-bond acceptors (Lipinski definition) is 2. The van der Waals surface area contributed by atoms with Gasteiger partial charge in [-0.3, -0.25) is 0 Å². The van der Waals surface area contributed by atoms with Gasteiger partial charge in [-0.05, 0) is 36.4 Å². The number of benzene rings is 2. The molecule has 0 spiro atoms. The Bertz CT molecular complexity index is 586. The van der Waals surface area contributed by atoms with Crippen LogP contribution in [0.4, 0.5) is 17.1 Å². The van der Waals surface area contributed by atoms with Gasteiger partial charge in [-0.25, -0.2) is 0 Å². The third-order valence-electron chi connectivity index (χ3n) is 3.02. The van der Waals surface area contributed by atoms with Crippen LogP contribution in [0.1, 0.15) is 0 Å². The average Bonchev–Trinajstić information content (AvgIpc) is 2.38. The fourth-order valence-corrected chi connectivity index (χ4v) is 2.75. The van der Waals surface area contributed by atoms with Crippen LogP contribution in [0.25, 0.3) is 0 Å². The highest BCUT2D eigenvalue weighted by atomic mass is 79.9. The van der Waals surface area contributed by atoms with E-state index in [0.717, 1.165) is 34.0 Å². The van der Waals surface area contributed by atoms with Crippen LogP contribution < -0.4 is 10.2 Å². The molecule has 92 valence electrons. The number of rotatable bonds is 1. The van der Waals surface area contributed by atoms with Crippen LogP contribution in [0.5, 0.6) is 0 Å². The number of halogens is 2. The van der Waals surface area contributed by atoms with Crippen molar-refractivity contribution in [2.75, 3.05) is 23.3 Å². The number of nitrogens with one attached hydrogen (secondary N) is 1. The van der Waals surface area contributed by atoms with Crippen LogP contribution in [0, 0.1) is 0 Å². The van der Waals surface area contributed by atoms with E-state index in [1.165, 1.54) is 5.69 Å². The van der Waals surface area contributed by atoms with E-state index >= 15 is 0 Å². The van der Waals surface area contributed by atoms with E-state index < -0.39 is 0 Å². The van der Waals surface area contributed by atoms with E-state index in [1.54, 1.807) is 0 Å². The highest BCUT2D eigenvalue weighted by Crippen LogP contribution is 2.37. The van der Waals surface area contributed by atoms with Crippen LogP contribution >= 0.6 is 27.5 Å².